The molecule has 0 rings (SSSR count). The summed E-state index contributed by atoms with van der Waals surface area (Å²) < 4.78 is 1.46. The molecule has 6 heteroatoms. The van der Waals surface area contributed by atoms with Crippen LogP contribution in [-0.2, 0) is 9.59 Å². The summed E-state index contributed by atoms with van der Waals surface area (Å²) in [6.07, 6.45) is 6.16. The van der Waals surface area contributed by atoms with Crippen LogP contribution in [0.2, 0.25) is 4.44 Å². The van der Waals surface area contributed by atoms with Gasteiger partial charge in [0.05, 0.1) is 6.42 Å². The van der Waals surface area contributed by atoms with E-state index in [4.69, 9.17) is 15.3 Å². The van der Waals surface area contributed by atoms with Crippen LogP contribution < -0.4 is 0 Å². The molecule has 5 nitrogen and oxygen atoms in total. The van der Waals surface area contributed by atoms with E-state index in [0.29, 0.717) is 0 Å². The first kappa shape index (κ1) is 20.0. The Balaban J connectivity index is 0. The Morgan fingerprint density at radius 1 is 1.06 bits per heavy atom. The first-order valence-corrected chi connectivity index (χ1v) is 8.24. The van der Waals surface area contributed by atoms with Crippen molar-refractivity contribution in [3.63, 3.8) is 0 Å². The van der Waals surface area contributed by atoms with Gasteiger partial charge in [0.1, 0.15) is 0 Å². The largest absolute Gasteiger partial charge is 0.481 e. The summed E-state index contributed by atoms with van der Waals surface area (Å²) in [7, 11) is 0. The summed E-state index contributed by atoms with van der Waals surface area (Å²) in [5, 5.41) is 24.1. The molecule has 3 radical (unpaired) electrons. The summed E-state index contributed by atoms with van der Waals surface area (Å²) in [6, 6.07) is 0. The van der Waals surface area contributed by atoms with E-state index in [1.54, 1.807) is 22.5 Å². The van der Waals surface area contributed by atoms with Crippen molar-refractivity contribution < 1.29 is 24.9 Å². The normalized spacial score (nSPS) is 11.3. The SMILES string of the molecule is CCCCCCC[CH2][Sn].O=C(O)CC(O)C(=O)O. The van der Waals surface area contributed by atoms with Gasteiger partial charge in [0.25, 0.3) is 0 Å². The molecular weight excluding hydrogens is 343 g/mol. The monoisotopic (exact) mass is 367 g/mol. The molecule has 0 heterocycles. The Kier molecular flexibility index (Phi) is 16.4. The van der Waals surface area contributed by atoms with E-state index in [1.165, 1.54) is 43.0 Å². The standard InChI is InChI=1S/C8H17.C4H6O5.Sn/c1-3-5-7-8-6-4-2;5-2(4(8)9)1-3(6)7;/h1,3-8H2,2H3;2,5H,1H2,(H,6,7)(H,8,9);. The number of aliphatic hydroxyl groups is 1. The Hall–Kier alpha value is -0.301. The van der Waals surface area contributed by atoms with E-state index >= 15 is 0 Å². The van der Waals surface area contributed by atoms with Gasteiger partial charge in [-0.15, -0.1) is 0 Å². The molecule has 0 saturated heterocycles. The molecule has 0 fully saturated rings. The molecule has 0 spiro atoms. The minimum atomic E-state index is -1.79. The third-order valence-electron chi connectivity index (χ3n) is 2.18. The fourth-order valence-corrected chi connectivity index (χ4v) is 1.87. The van der Waals surface area contributed by atoms with Crippen molar-refractivity contribution in [3.05, 3.63) is 0 Å². The molecule has 0 aromatic carbocycles. The molecule has 0 aliphatic carbocycles. The second kappa shape index (κ2) is 14.8. The number of rotatable bonds is 9. The summed E-state index contributed by atoms with van der Waals surface area (Å²) in [6.45, 7) is 2.27. The number of carboxylic acid groups (broad SMARTS) is 2. The molecule has 0 amide bonds. The van der Waals surface area contributed by atoms with E-state index in [1.807, 2.05) is 0 Å². The van der Waals surface area contributed by atoms with Crippen molar-refractivity contribution in [1.29, 1.82) is 0 Å². The number of aliphatic hydroxyl groups excluding tert-OH is 1. The van der Waals surface area contributed by atoms with E-state index < -0.39 is 24.5 Å². The molecule has 105 valence electrons. The molecule has 0 saturated carbocycles. The van der Waals surface area contributed by atoms with Crippen molar-refractivity contribution in [2.45, 2.75) is 62.4 Å². The van der Waals surface area contributed by atoms with Crippen LogP contribution in [0.15, 0.2) is 0 Å². The summed E-state index contributed by atoms with van der Waals surface area (Å²) in [5.74, 6) is -2.85. The van der Waals surface area contributed by atoms with Gasteiger partial charge in [-0.3, -0.25) is 4.79 Å². The van der Waals surface area contributed by atoms with Gasteiger partial charge < -0.3 is 15.3 Å². The zero-order valence-corrected chi connectivity index (χ0v) is 13.7. The van der Waals surface area contributed by atoms with Crippen molar-refractivity contribution >= 4 is 34.5 Å². The molecule has 0 aromatic rings. The molecule has 0 aliphatic rings. The summed E-state index contributed by atoms with van der Waals surface area (Å²) >= 11 is 1.71. The molecule has 1 atom stereocenters. The number of aliphatic carboxylic acids is 2. The van der Waals surface area contributed by atoms with Crippen molar-refractivity contribution in [3.8, 4) is 0 Å². The average Bonchev–Trinajstić information content (AvgIpc) is 2.29. The van der Waals surface area contributed by atoms with Crippen molar-refractivity contribution in [2.75, 3.05) is 0 Å². The molecule has 3 N–H and O–H groups in total. The second-order valence-electron chi connectivity index (χ2n) is 3.97. The fourth-order valence-electron chi connectivity index (χ4n) is 1.16. The maximum Gasteiger partial charge on any atom is 0.333 e. The van der Waals surface area contributed by atoms with Gasteiger partial charge in [-0.05, 0) is 0 Å². The van der Waals surface area contributed by atoms with Gasteiger partial charge in [-0.25, -0.2) is 4.79 Å². The van der Waals surface area contributed by atoms with Crippen LogP contribution in [-0.4, -0.2) is 55.9 Å². The fraction of sp³-hybridized carbons (Fsp3) is 0.833. The summed E-state index contributed by atoms with van der Waals surface area (Å²) in [5.41, 5.74) is 0. The van der Waals surface area contributed by atoms with E-state index in [0.717, 1.165) is 0 Å². The van der Waals surface area contributed by atoms with Gasteiger partial charge in [0.15, 0.2) is 6.10 Å². The van der Waals surface area contributed by atoms with Crippen LogP contribution in [0.1, 0.15) is 51.9 Å². The van der Waals surface area contributed by atoms with E-state index in [2.05, 4.69) is 6.92 Å². The van der Waals surface area contributed by atoms with E-state index in [9.17, 15) is 9.59 Å². The smallest absolute Gasteiger partial charge is 0.333 e. The third-order valence-corrected chi connectivity index (χ3v) is 3.19. The van der Waals surface area contributed by atoms with Gasteiger partial charge in [0.2, 0.25) is 0 Å². The maximum absolute atomic E-state index is 9.72. The van der Waals surface area contributed by atoms with Gasteiger partial charge in [0, 0.05) is 0 Å². The van der Waals surface area contributed by atoms with Crippen LogP contribution in [0.5, 0.6) is 0 Å². The number of hydrogen-bond donors (Lipinski definition) is 3. The number of unbranched alkanes of at least 4 members (excludes halogenated alkanes) is 5. The molecule has 0 bridgehead atoms. The van der Waals surface area contributed by atoms with Gasteiger partial charge in [-0.1, -0.05) is 0 Å². The van der Waals surface area contributed by atoms with Crippen LogP contribution in [0.25, 0.3) is 0 Å². The zero-order valence-electron chi connectivity index (χ0n) is 10.9. The van der Waals surface area contributed by atoms with Gasteiger partial charge in [-0.2, -0.15) is 0 Å². The Morgan fingerprint density at radius 3 is 1.89 bits per heavy atom. The molecule has 0 aliphatic heterocycles. The number of carbonyl (C=O) groups is 2. The molecular formula is C12H23O5Sn. The quantitative estimate of drug-likeness (QED) is 0.428. The first-order valence-electron chi connectivity index (χ1n) is 6.22. The summed E-state index contributed by atoms with van der Waals surface area (Å²) in [4.78, 5) is 19.4. The number of carboxylic acids is 2. The van der Waals surface area contributed by atoms with Crippen molar-refractivity contribution in [1.82, 2.24) is 0 Å². The van der Waals surface area contributed by atoms with Crippen molar-refractivity contribution in [2.24, 2.45) is 0 Å². The Labute approximate surface area is 122 Å². The molecule has 18 heavy (non-hydrogen) atoms. The maximum atomic E-state index is 9.72. The second-order valence-corrected chi connectivity index (χ2v) is 5.40. The van der Waals surface area contributed by atoms with Crippen LogP contribution in [0.4, 0.5) is 0 Å². The predicted octanol–water partition coefficient (Wildman–Crippen LogP) is 1.84. The minimum Gasteiger partial charge on any atom is -0.481 e. The Bertz CT molecular complexity index is 215. The zero-order chi connectivity index (χ0) is 14.4. The van der Waals surface area contributed by atoms with Crippen LogP contribution in [0, 0.1) is 0 Å². The van der Waals surface area contributed by atoms with E-state index in [-0.39, 0.29) is 0 Å². The van der Waals surface area contributed by atoms with Crippen LogP contribution >= 0.6 is 0 Å². The first-order chi connectivity index (χ1) is 8.45. The predicted molar refractivity (Wildman–Crippen MR) is 69.8 cm³/mol. The van der Waals surface area contributed by atoms with Gasteiger partial charge >= 0.3 is 84.3 Å². The molecule has 1 unspecified atom stereocenters. The Morgan fingerprint density at radius 2 is 1.56 bits per heavy atom. The average molecular weight is 366 g/mol. The minimum absolute atomic E-state index is 0.755. The third kappa shape index (κ3) is 18.1. The molecule has 0 aromatic heterocycles. The van der Waals surface area contributed by atoms with Crippen LogP contribution in [0.3, 0.4) is 0 Å². The number of hydrogen-bond acceptors (Lipinski definition) is 3. The topological polar surface area (TPSA) is 94.8 Å².